The Labute approximate surface area is 154 Å². The van der Waals surface area contributed by atoms with E-state index < -0.39 is 0 Å². The van der Waals surface area contributed by atoms with Crippen molar-refractivity contribution in [2.75, 3.05) is 20.1 Å². The molecule has 2 amide bonds. The molecule has 2 heterocycles. The number of benzene rings is 1. The van der Waals surface area contributed by atoms with Gasteiger partial charge in [-0.1, -0.05) is 30.3 Å². The first-order chi connectivity index (χ1) is 12.5. The molecule has 1 aliphatic heterocycles. The van der Waals surface area contributed by atoms with Gasteiger partial charge in [-0.2, -0.15) is 0 Å². The molecule has 1 aromatic heterocycles. The van der Waals surface area contributed by atoms with Crippen LogP contribution >= 0.6 is 0 Å². The predicted molar refractivity (Wildman–Crippen MR) is 99.4 cm³/mol. The molecule has 0 saturated carbocycles. The molecule has 1 atom stereocenters. The number of rotatable bonds is 5. The SMILES string of the molecule is Cc1ccc(CN(C)C(=O)[C@@H]2CCCN(C(=O)Cc3ccccc3)C2)o1. The summed E-state index contributed by atoms with van der Waals surface area (Å²) in [6.45, 7) is 3.59. The molecular weight excluding hydrogens is 328 g/mol. The fraction of sp³-hybridized carbons (Fsp3) is 0.429. The molecule has 3 rings (SSSR count). The zero-order valence-electron chi connectivity index (χ0n) is 15.5. The molecule has 2 aromatic rings. The van der Waals surface area contributed by atoms with Crippen LogP contribution in [0.5, 0.6) is 0 Å². The molecule has 0 spiro atoms. The van der Waals surface area contributed by atoms with Gasteiger partial charge < -0.3 is 14.2 Å². The number of amides is 2. The van der Waals surface area contributed by atoms with Gasteiger partial charge in [-0.3, -0.25) is 9.59 Å². The number of nitrogens with zero attached hydrogens (tertiary/aromatic N) is 2. The molecule has 1 saturated heterocycles. The molecule has 1 fully saturated rings. The van der Waals surface area contributed by atoms with Gasteiger partial charge in [0.15, 0.2) is 0 Å². The Hall–Kier alpha value is -2.56. The summed E-state index contributed by atoms with van der Waals surface area (Å²) in [5.74, 6) is 1.67. The quantitative estimate of drug-likeness (QED) is 0.829. The lowest BCUT2D eigenvalue weighted by atomic mass is 9.96. The highest BCUT2D eigenvalue weighted by molar-refractivity contribution is 5.82. The number of piperidine rings is 1. The average molecular weight is 354 g/mol. The largest absolute Gasteiger partial charge is 0.464 e. The van der Waals surface area contributed by atoms with Crippen LogP contribution in [0.3, 0.4) is 0 Å². The highest BCUT2D eigenvalue weighted by Gasteiger charge is 2.30. The molecule has 0 unspecified atom stereocenters. The Kier molecular flexibility index (Phi) is 5.76. The van der Waals surface area contributed by atoms with E-state index in [0.29, 0.717) is 19.5 Å². The van der Waals surface area contributed by atoms with Gasteiger partial charge in [0.05, 0.1) is 18.9 Å². The van der Waals surface area contributed by atoms with E-state index in [1.807, 2.05) is 54.3 Å². The fourth-order valence-corrected chi connectivity index (χ4v) is 3.48. The second-order valence-electron chi connectivity index (χ2n) is 7.05. The smallest absolute Gasteiger partial charge is 0.227 e. The zero-order chi connectivity index (χ0) is 18.5. The third-order valence-electron chi connectivity index (χ3n) is 4.89. The summed E-state index contributed by atoms with van der Waals surface area (Å²) in [5.41, 5.74) is 1.01. The summed E-state index contributed by atoms with van der Waals surface area (Å²) in [7, 11) is 1.80. The number of hydrogen-bond donors (Lipinski definition) is 0. The van der Waals surface area contributed by atoms with Gasteiger partial charge in [0.1, 0.15) is 11.5 Å². The van der Waals surface area contributed by atoms with Gasteiger partial charge in [0.25, 0.3) is 0 Å². The van der Waals surface area contributed by atoms with Crippen molar-refractivity contribution in [3.63, 3.8) is 0 Å². The molecule has 0 N–H and O–H groups in total. The molecule has 0 bridgehead atoms. The van der Waals surface area contributed by atoms with Crippen molar-refractivity contribution in [1.29, 1.82) is 0 Å². The first kappa shape index (κ1) is 18.2. The minimum absolute atomic E-state index is 0.0799. The third-order valence-corrected chi connectivity index (χ3v) is 4.89. The molecule has 0 radical (unpaired) electrons. The lowest BCUT2D eigenvalue weighted by molar-refractivity contribution is -0.140. The maximum absolute atomic E-state index is 12.8. The van der Waals surface area contributed by atoms with Crippen molar-refractivity contribution < 1.29 is 14.0 Å². The molecule has 1 aromatic carbocycles. The van der Waals surface area contributed by atoms with Gasteiger partial charge >= 0.3 is 0 Å². The van der Waals surface area contributed by atoms with Crippen LogP contribution in [0.4, 0.5) is 0 Å². The maximum atomic E-state index is 12.8. The van der Waals surface area contributed by atoms with Crippen molar-refractivity contribution in [1.82, 2.24) is 9.80 Å². The minimum atomic E-state index is -0.135. The van der Waals surface area contributed by atoms with Gasteiger partial charge in [0.2, 0.25) is 11.8 Å². The Balaban J connectivity index is 1.56. The van der Waals surface area contributed by atoms with Crippen LogP contribution in [0.2, 0.25) is 0 Å². The standard InChI is InChI=1S/C21H26N2O3/c1-16-10-11-19(26-16)15-22(2)21(25)18-9-6-12-23(14-18)20(24)13-17-7-4-3-5-8-17/h3-5,7-8,10-11,18H,6,9,12-15H2,1-2H3/t18-/m1/s1. The topological polar surface area (TPSA) is 53.8 Å². The normalized spacial score (nSPS) is 17.2. The third kappa shape index (κ3) is 4.54. The molecule has 5 nitrogen and oxygen atoms in total. The Morgan fingerprint density at radius 1 is 1.19 bits per heavy atom. The van der Waals surface area contributed by atoms with E-state index in [2.05, 4.69) is 0 Å². The predicted octanol–water partition coefficient (Wildman–Crippen LogP) is 3.03. The Bertz CT molecular complexity index is 754. The van der Waals surface area contributed by atoms with Crippen molar-refractivity contribution in [2.24, 2.45) is 5.92 Å². The summed E-state index contributed by atoms with van der Waals surface area (Å²) in [5, 5.41) is 0. The second kappa shape index (κ2) is 8.21. The fourth-order valence-electron chi connectivity index (χ4n) is 3.48. The van der Waals surface area contributed by atoms with E-state index in [9.17, 15) is 9.59 Å². The van der Waals surface area contributed by atoms with E-state index in [1.54, 1.807) is 11.9 Å². The van der Waals surface area contributed by atoms with Gasteiger partial charge in [0, 0.05) is 20.1 Å². The Morgan fingerprint density at radius 2 is 1.96 bits per heavy atom. The summed E-state index contributed by atoms with van der Waals surface area (Å²) >= 11 is 0. The van der Waals surface area contributed by atoms with E-state index in [4.69, 9.17) is 4.42 Å². The summed E-state index contributed by atoms with van der Waals surface area (Å²) in [4.78, 5) is 28.9. The minimum Gasteiger partial charge on any atom is -0.464 e. The number of hydrogen-bond acceptors (Lipinski definition) is 3. The van der Waals surface area contributed by atoms with Crippen LogP contribution < -0.4 is 0 Å². The van der Waals surface area contributed by atoms with Crippen LogP contribution in [0, 0.1) is 12.8 Å². The van der Waals surface area contributed by atoms with Crippen molar-refractivity contribution >= 4 is 11.8 Å². The first-order valence-corrected chi connectivity index (χ1v) is 9.15. The van der Waals surface area contributed by atoms with Crippen LogP contribution in [0.25, 0.3) is 0 Å². The lowest BCUT2D eigenvalue weighted by Crippen LogP contribution is -2.46. The molecule has 0 aliphatic carbocycles. The van der Waals surface area contributed by atoms with Crippen molar-refractivity contribution in [3.8, 4) is 0 Å². The highest BCUT2D eigenvalue weighted by atomic mass is 16.3. The monoisotopic (exact) mass is 354 g/mol. The van der Waals surface area contributed by atoms with Crippen molar-refractivity contribution in [2.45, 2.75) is 32.7 Å². The molecule has 1 aliphatic rings. The average Bonchev–Trinajstić information content (AvgIpc) is 3.06. The summed E-state index contributed by atoms with van der Waals surface area (Å²) < 4.78 is 5.56. The number of carbonyl (C=O) groups excluding carboxylic acids is 2. The van der Waals surface area contributed by atoms with Crippen LogP contribution in [-0.2, 0) is 22.6 Å². The molecule has 138 valence electrons. The second-order valence-corrected chi connectivity index (χ2v) is 7.05. The molecule has 5 heteroatoms. The van der Waals surface area contributed by atoms with E-state index in [0.717, 1.165) is 36.5 Å². The molecular formula is C21H26N2O3. The zero-order valence-corrected chi connectivity index (χ0v) is 15.5. The first-order valence-electron chi connectivity index (χ1n) is 9.15. The van der Waals surface area contributed by atoms with Crippen LogP contribution in [0.1, 0.15) is 29.9 Å². The van der Waals surface area contributed by atoms with Gasteiger partial charge in [-0.05, 0) is 37.5 Å². The van der Waals surface area contributed by atoms with E-state index in [1.165, 1.54) is 0 Å². The van der Waals surface area contributed by atoms with Crippen LogP contribution in [0.15, 0.2) is 46.9 Å². The van der Waals surface area contributed by atoms with Crippen molar-refractivity contribution in [3.05, 3.63) is 59.5 Å². The lowest BCUT2D eigenvalue weighted by Gasteiger charge is -2.34. The summed E-state index contributed by atoms with van der Waals surface area (Å²) in [6.07, 6.45) is 2.09. The van der Waals surface area contributed by atoms with Gasteiger partial charge in [-0.25, -0.2) is 0 Å². The number of furan rings is 1. The number of aryl methyl sites for hydroxylation is 1. The number of likely N-dealkylation sites (tertiary alicyclic amines) is 1. The van der Waals surface area contributed by atoms with Crippen LogP contribution in [-0.4, -0.2) is 41.8 Å². The van der Waals surface area contributed by atoms with E-state index in [-0.39, 0.29) is 17.7 Å². The number of carbonyl (C=O) groups is 2. The Morgan fingerprint density at radius 3 is 2.65 bits per heavy atom. The molecule has 26 heavy (non-hydrogen) atoms. The summed E-state index contributed by atoms with van der Waals surface area (Å²) in [6, 6.07) is 13.5. The van der Waals surface area contributed by atoms with Gasteiger partial charge in [-0.15, -0.1) is 0 Å². The van der Waals surface area contributed by atoms with E-state index >= 15 is 0 Å². The maximum Gasteiger partial charge on any atom is 0.227 e. The highest BCUT2D eigenvalue weighted by Crippen LogP contribution is 2.20.